The van der Waals surface area contributed by atoms with E-state index < -0.39 is 15.5 Å². The summed E-state index contributed by atoms with van der Waals surface area (Å²) in [5.41, 5.74) is -1.60. The van der Waals surface area contributed by atoms with E-state index in [2.05, 4.69) is 9.97 Å². The number of H-pyrrole nitrogens is 1. The van der Waals surface area contributed by atoms with Gasteiger partial charge in [0.1, 0.15) is 5.65 Å². The molecule has 1 aromatic carbocycles. The highest BCUT2D eigenvalue weighted by molar-refractivity contribution is 8.00. The summed E-state index contributed by atoms with van der Waals surface area (Å²) in [5, 5.41) is 0.979. The lowest BCUT2D eigenvalue weighted by Crippen LogP contribution is -2.34. The summed E-state index contributed by atoms with van der Waals surface area (Å²) in [6, 6.07) is 8.59. The van der Waals surface area contributed by atoms with E-state index in [0.29, 0.717) is 13.0 Å². The number of fused-ring (bicyclic) bond motifs is 1. The molecule has 0 atom stereocenters. The van der Waals surface area contributed by atoms with Gasteiger partial charge in [-0.25, -0.2) is 13.4 Å². The van der Waals surface area contributed by atoms with Gasteiger partial charge in [-0.2, -0.15) is 17.5 Å². The third-order valence-electron chi connectivity index (χ3n) is 4.66. The summed E-state index contributed by atoms with van der Waals surface area (Å²) >= 11 is -0.271. The minimum Gasteiger partial charge on any atom is -0.346 e. The zero-order valence-corrected chi connectivity index (χ0v) is 16.6. The number of halogens is 3. The fourth-order valence-corrected chi connectivity index (χ4v) is 5.22. The standard InChI is InChI=1S/C19H16F3N3O2S2/c20-19(21,22)28-14-3-5-15(6-4-14)29(26,27)25-10-7-13(8-11-25)17-12-24-18-16(17)2-1-9-23-18/h1-7,9,12H,8,10-11H2,(H,23,24). The molecule has 5 nitrogen and oxygen atoms in total. The summed E-state index contributed by atoms with van der Waals surface area (Å²) < 4.78 is 64.3. The third kappa shape index (κ3) is 4.19. The molecule has 3 heterocycles. The molecule has 0 saturated carbocycles. The van der Waals surface area contributed by atoms with Crippen LogP contribution in [0, 0.1) is 0 Å². The van der Waals surface area contributed by atoms with E-state index >= 15 is 0 Å². The van der Waals surface area contributed by atoms with Crippen molar-refractivity contribution in [2.45, 2.75) is 21.7 Å². The van der Waals surface area contributed by atoms with Crippen molar-refractivity contribution in [1.29, 1.82) is 0 Å². The van der Waals surface area contributed by atoms with E-state index in [1.54, 1.807) is 6.20 Å². The SMILES string of the molecule is O=S(=O)(c1ccc(SC(F)(F)F)cc1)N1CC=C(c2c[nH]c3ncccc23)CC1. The zero-order chi connectivity index (χ0) is 20.6. The van der Waals surface area contributed by atoms with Gasteiger partial charge in [-0.3, -0.25) is 0 Å². The maximum absolute atomic E-state index is 12.8. The average Bonchev–Trinajstić information content (AvgIpc) is 3.11. The fraction of sp³-hybridized carbons (Fsp3) is 0.211. The first-order chi connectivity index (χ1) is 13.7. The molecule has 1 aliphatic heterocycles. The lowest BCUT2D eigenvalue weighted by molar-refractivity contribution is -0.0328. The molecule has 2 aromatic heterocycles. The Morgan fingerprint density at radius 2 is 1.90 bits per heavy atom. The Kier molecular flexibility index (Phi) is 5.18. The maximum Gasteiger partial charge on any atom is 0.446 e. The highest BCUT2D eigenvalue weighted by Gasteiger charge is 2.30. The minimum atomic E-state index is -4.41. The molecule has 10 heteroatoms. The Bertz CT molecular complexity index is 1170. The van der Waals surface area contributed by atoms with E-state index in [4.69, 9.17) is 0 Å². The van der Waals surface area contributed by atoms with Crippen molar-refractivity contribution in [1.82, 2.24) is 14.3 Å². The number of pyridine rings is 1. The predicted molar refractivity (Wildman–Crippen MR) is 106 cm³/mol. The van der Waals surface area contributed by atoms with Gasteiger partial charge in [0.2, 0.25) is 10.0 Å². The molecule has 0 radical (unpaired) electrons. The Morgan fingerprint density at radius 1 is 1.14 bits per heavy atom. The fourth-order valence-electron chi connectivity index (χ4n) is 3.30. The molecule has 29 heavy (non-hydrogen) atoms. The van der Waals surface area contributed by atoms with Gasteiger partial charge in [-0.15, -0.1) is 0 Å². The molecule has 0 aliphatic carbocycles. The van der Waals surface area contributed by atoms with E-state index in [0.717, 1.165) is 22.2 Å². The number of aromatic amines is 1. The number of alkyl halides is 3. The topological polar surface area (TPSA) is 66.1 Å². The summed E-state index contributed by atoms with van der Waals surface area (Å²) in [6.45, 7) is 0.490. The average molecular weight is 439 g/mol. The van der Waals surface area contributed by atoms with Gasteiger partial charge in [0.05, 0.1) is 4.90 Å². The maximum atomic E-state index is 12.8. The van der Waals surface area contributed by atoms with Crippen molar-refractivity contribution in [3.8, 4) is 0 Å². The van der Waals surface area contributed by atoms with Crippen molar-refractivity contribution in [3.05, 3.63) is 60.4 Å². The Labute approximate surface area is 169 Å². The Hall–Kier alpha value is -2.30. The van der Waals surface area contributed by atoms with Crippen LogP contribution in [0.15, 0.2) is 64.7 Å². The minimum absolute atomic E-state index is 0.0165. The first kappa shape index (κ1) is 20.0. The second kappa shape index (κ2) is 7.51. The number of thioether (sulfide) groups is 1. The number of sulfonamides is 1. The summed E-state index contributed by atoms with van der Waals surface area (Å²) in [4.78, 5) is 7.30. The van der Waals surface area contributed by atoms with Crippen molar-refractivity contribution in [2.24, 2.45) is 0 Å². The number of aromatic nitrogens is 2. The van der Waals surface area contributed by atoms with Crippen molar-refractivity contribution in [3.63, 3.8) is 0 Å². The van der Waals surface area contributed by atoms with Crippen LogP contribution in [0.1, 0.15) is 12.0 Å². The molecule has 4 rings (SSSR count). The van der Waals surface area contributed by atoms with Crippen LogP contribution in [-0.2, 0) is 10.0 Å². The van der Waals surface area contributed by atoms with Crippen molar-refractivity contribution >= 4 is 38.4 Å². The first-order valence-electron chi connectivity index (χ1n) is 8.71. The number of hydrogen-bond donors (Lipinski definition) is 1. The van der Waals surface area contributed by atoms with Crippen LogP contribution in [0.4, 0.5) is 13.2 Å². The molecule has 1 N–H and O–H groups in total. The summed E-state index contributed by atoms with van der Waals surface area (Å²) in [6.07, 6.45) is 5.96. The first-order valence-corrected chi connectivity index (χ1v) is 11.0. The van der Waals surface area contributed by atoms with Crippen LogP contribution in [0.3, 0.4) is 0 Å². The quantitative estimate of drug-likeness (QED) is 0.601. The largest absolute Gasteiger partial charge is 0.446 e. The van der Waals surface area contributed by atoms with Crippen LogP contribution in [0.5, 0.6) is 0 Å². The molecular weight excluding hydrogens is 423 g/mol. The number of benzene rings is 1. The zero-order valence-electron chi connectivity index (χ0n) is 15.0. The highest BCUT2D eigenvalue weighted by atomic mass is 32.2. The number of hydrogen-bond acceptors (Lipinski definition) is 4. The van der Waals surface area contributed by atoms with E-state index in [9.17, 15) is 21.6 Å². The molecule has 0 saturated heterocycles. The molecule has 0 unspecified atom stereocenters. The van der Waals surface area contributed by atoms with Gasteiger partial charge >= 0.3 is 5.51 Å². The van der Waals surface area contributed by atoms with Gasteiger partial charge < -0.3 is 4.98 Å². The molecule has 0 amide bonds. The van der Waals surface area contributed by atoms with E-state index in [1.165, 1.54) is 28.6 Å². The summed E-state index contributed by atoms with van der Waals surface area (Å²) in [5.74, 6) is 0. The van der Waals surface area contributed by atoms with Gasteiger partial charge in [0.15, 0.2) is 0 Å². The number of nitrogens with one attached hydrogen (secondary N) is 1. The normalized spacial score (nSPS) is 16.2. The second-order valence-electron chi connectivity index (χ2n) is 6.46. The Morgan fingerprint density at radius 3 is 2.55 bits per heavy atom. The smallest absolute Gasteiger partial charge is 0.346 e. The van der Waals surface area contributed by atoms with E-state index in [-0.39, 0.29) is 28.1 Å². The lowest BCUT2D eigenvalue weighted by Gasteiger charge is -2.26. The Balaban J connectivity index is 1.52. The van der Waals surface area contributed by atoms with Gasteiger partial charge in [0.25, 0.3) is 0 Å². The molecule has 3 aromatic rings. The molecule has 0 spiro atoms. The van der Waals surface area contributed by atoms with Crippen LogP contribution < -0.4 is 0 Å². The lowest BCUT2D eigenvalue weighted by atomic mass is 10.0. The van der Waals surface area contributed by atoms with Gasteiger partial charge in [-0.1, -0.05) is 6.08 Å². The molecule has 0 fully saturated rings. The third-order valence-corrected chi connectivity index (χ3v) is 7.28. The highest BCUT2D eigenvalue weighted by Crippen LogP contribution is 2.37. The van der Waals surface area contributed by atoms with Crippen LogP contribution >= 0.6 is 11.8 Å². The monoisotopic (exact) mass is 439 g/mol. The number of rotatable bonds is 4. The van der Waals surface area contributed by atoms with Gasteiger partial charge in [-0.05, 0) is 60.2 Å². The molecule has 152 valence electrons. The molecule has 1 aliphatic rings. The molecular formula is C19H16F3N3O2S2. The number of nitrogens with zero attached hydrogens (tertiary/aromatic N) is 2. The molecule has 0 bridgehead atoms. The predicted octanol–water partition coefficient (Wildman–Crippen LogP) is 4.65. The summed E-state index contributed by atoms with van der Waals surface area (Å²) in [7, 11) is -3.78. The van der Waals surface area contributed by atoms with Gasteiger partial charge in [0, 0.05) is 41.3 Å². The second-order valence-corrected chi connectivity index (χ2v) is 9.54. The van der Waals surface area contributed by atoms with Crippen LogP contribution in [0.25, 0.3) is 16.6 Å². The van der Waals surface area contributed by atoms with Crippen LogP contribution in [-0.4, -0.2) is 41.3 Å². The van der Waals surface area contributed by atoms with Crippen molar-refractivity contribution < 1.29 is 21.6 Å². The van der Waals surface area contributed by atoms with Crippen molar-refractivity contribution in [2.75, 3.05) is 13.1 Å². The van der Waals surface area contributed by atoms with Crippen LogP contribution in [0.2, 0.25) is 0 Å². The van der Waals surface area contributed by atoms with E-state index in [1.807, 2.05) is 24.4 Å².